The third kappa shape index (κ3) is 5.44. The molecule has 3 rings (SSSR count). The lowest BCUT2D eigenvalue weighted by Gasteiger charge is -2.35. The number of nitrogens with one attached hydrogen (secondary N) is 1. The van der Waals surface area contributed by atoms with Crippen LogP contribution in [0.2, 0.25) is 0 Å². The summed E-state index contributed by atoms with van der Waals surface area (Å²) in [4.78, 5) is 14.7. The molecule has 2 saturated carbocycles. The molecule has 5 heteroatoms. The summed E-state index contributed by atoms with van der Waals surface area (Å²) in [5.74, 6) is 0.352. The fourth-order valence-electron chi connectivity index (χ4n) is 4.15. The molecule has 0 radical (unpaired) electrons. The van der Waals surface area contributed by atoms with Gasteiger partial charge in [-0.3, -0.25) is 9.69 Å². The zero-order valence-electron chi connectivity index (χ0n) is 14.9. The van der Waals surface area contributed by atoms with Crippen molar-refractivity contribution >= 4 is 5.91 Å². The van der Waals surface area contributed by atoms with Crippen LogP contribution in [-0.2, 0) is 11.3 Å². The van der Waals surface area contributed by atoms with E-state index < -0.39 is 0 Å². The van der Waals surface area contributed by atoms with Gasteiger partial charge in [-0.2, -0.15) is 0 Å². The number of phenolic OH excluding ortho intramolecular Hbond substituents is 1. The highest BCUT2D eigenvalue weighted by molar-refractivity contribution is 5.78. The van der Waals surface area contributed by atoms with Crippen LogP contribution in [0.15, 0.2) is 24.3 Å². The molecule has 1 aromatic carbocycles. The van der Waals surface area contributed by atoms with Gasteiger partial charge in [-0.1, -0.05) is 25.0 Å². The Hall–Kier alpha value is -1.59. The molecule has 2 fully saturated rings. The Morgan fingerprint density at radius 2 is 1.84 bits per heavy atom. The van der Waals surface area contributed by atoms with Gasteiger partial charge < -0.3 is 15.5 Å². The number of amides is 1. The Kier molecular flexibility index (Phi) is 6.32. The molecular weight excluding hydrogens is 316 g/mol. The van der Waals surface area contributed by atoms with Crippen LogP contribution in [0.4, 0.5) is 0 Å². The molecule has 0 bridgehead atoms. The molecule has 3 N–H and O–H groups in total. The van der Waals surface area contributed by atoms with Gasteiger partial charge in [-0.05, 0) is 56.2 Å². The van der Waals surface area contributed by atoms with Crippen LogP contribution in [-0.4, -0.2) is 45.8 Å². The third-order valence-electron chi connectivity index (χ3n) is 5.55. The number of aromatic hydroxyl groups is 1. The van der Waals surface area contributed by atoms with Crippen LogP contribution in [0.25, 0.3) is 0 Å². The Labute approximate surface area is 150 Å². The number of aliphatic hydroxyl groups excluding tert-OH is 1. The molecule has 5 nitrogen and oxygen atoms in total. The van der Waals surface area contributed by atoms with E-state index in [1.54, 1.807) is 12.1 Å². The highest BCUT2D eigenvalue weighted by Gasteiger charge is 2.27. The number of benzene rings is 1. The quantitative estimate of drug-likeness (QED) is 0.740. The molecule has 1 amide bonds. The monoisotopic (exact) mass is 346 g/mol. The van der Waals surface area contributed by atoms with E-state index in [9.17, 15) is 15.0 Å². The molecule has 2 aliphatic rings. The minimum atomic E-state index is -0.203. The molecule has 0 aromatic heterocycles. The van der Waals surface area contributed by atoms with Crippen LogP contribution in [0.3, 0.4) is 0 Å². The summed E-state index contributed by atoms with van der Waals surface area (Å²) in [5, 5.41) is 22.7. The number of carbonyl (C=O) groups excluding carboxylic acids is 1. The predicted molar refractivity (Wildman–Crippen MR) is 97.2 cm³/mol. The number of hydrogen-bond donors (Lipinski definition) is 3. The first-order chi connectivity index (χ1) is 12.1. The van der Waals surface area contributed by atoms with Crippen molar-refractivity contribution in [2.24, 2.45) is 0 Å². The zero-order valence-corrected chi connectivity index (χ0v) is 14.9. The Morgan fingerprint density at radius 3 is 2.52 bits per heavy atom. The molecule has 138 valence electrons. The van der Waals surface area contributed by atoms with Crippen molar-refractivity contribution in [2.45, 2.75) is 76.1 Å². The molecular formula is C20H30N2O3. The molecule has 0 saturated heterocycles. The van der Waals surface area contributed by atoms with Crippen molar-refractivity contribution in [3.05, 3.63) is 29.8 Å². The highest BCUT2D eigenvalue weighted by atomic mass is 16.3. The van der Waals surface area contributed by atoms with Gasteiger partial charge in [0.25, 0.3) is 0 Å². The second kappa shape index (κ2) is 8.68. The van der Waals surface area contributed by atoms with E-state index >= 15 is 0 Å². The molecule has 0 aliphatic heterocycles. The average Bonchev–Trinajstić information content (AvgIpc) is 3.08. The first-order valence-corrected chi connectivity index (χ1v) is 9.59. The second-order valence-corrected chi connectivity index (χ2v) is 7.59. The Morgan fingerprint density at radius 1 is 1.12 bits per heavy atom. The van der Waals surface area contributed by atoms with Crippen LogP contribution < -0.4 is 5.32 Å². The molecule has 0 spiro atoms. The zero-order chi connectivity index (χ0) is 17.6. The molecule has 2 aliphatic carbocycles. The van der Waals surface area contributed by atoms with Crippen LogP contribution >= 0.6 is 0 Å². The third-order valence-corrected chi connectivity index (χ3v) is 5.55. The van der Waals surface area contributed by atoms with Gasteiger partial charge in [-0.15, -0.1) is 0 Å². The topological polar surface area (TPSA) is 72.8 Å². The van der Waals surface area contributed by atoms with Crippen molar-refractivity contribution in [2.75, 3.05) is 6.54 Å². The standard InChI is InChI=1S/C20H30N2O3/c23-18-10-8-17(9-11-18)22(13-15-4-3-7-19(24)12-15)14-20(25)21-16-5-1-2-6-16/h3-4,7,12,16-18,23-24H,1-2,5-6,8-11,13-14H2,(H,21,25). The Bertz CT molecular complexity index is 564. The summed E-state index contributed by atoms with van der Waals surface area (Å²) in [6.45, 7) is 1.03. The van der Waals surface area contributed by atoms with Gasteiger partial charge in [-0.25, -0.2) is 0 Å². The normalized spacial score (nSPS) is 24.6. The van der Waals surface area contributed by atoms with E-state index in [1.165, 1.54) is 12.8 Å². The molecule has 1 aromatic rings. The molecule has 0 heterocycles. The summed E-state index contributed by atoms with van der Waals surface area (Å²) < 4.78 is 0. The minimum absolute atomic E-state index is 0.0955. The maximum absolute atomic E-state index is 12.5. The van der Waals surface area contributed by atoms with Crippen molar-refractivity contribution in [3.63, 3.8) is 0 Å². The number of carbonyl (C=O) groups is 1. The summed E-state index contributed by atoms with van der Waals surface area (Å²) in [6, 6.07) is 7.89. The fraction of sp³-hybridized carbons (Fsp3) is 0.650. The maximum Gasteiger partial charge on any atom is 0.234 e. The fourth-order valence-corrected chi connectivity index (χ4v) is 4.15. The number of rotatable bonds is 6. The van der Waals surface area contributed by atoms with Gasteiger partial charge in [0.2, 0.25) is 5.91 Å². The smallest absolute Gasteiger partial charge is 0.234 e. The van der Waals surface area contributed by atoms with E-state index in [0.717, 1.165) is 44.1 Å². The molecule has 0 unspecified atom stereocenters. The van der Waals surface area contributed by atoms with Gasteiger partial charge >= 0.3 is 0 Å². The number of aliphatic hydroxyl groups is 1. The van der Waals surface area contributed by atoms with E-state index in [1.807, 2.05) is 12.1 Å². The first-order valence-electron chi connectivity index (χ1n) is 9.59. The maximum atomic E-state index is 12.5. The van der Waals surface area contributed by atoms with Gasteiger partial charge in [0.05, 0.1) is 12.6 Å². The van der Waals surface area contributed by atoms with Gasteiger partial charge in [0.1, 0.15) is 5.75 Å². The number of hydrogen-bond acceptors (Lipinski definition) is 4. The van der Waals surface area contributed by atoms with Crippen molar-refractivity contribution < 1.29 is 15.0 Å². The minimum Gasteiger partial charge on any atom is -0.508 e. The molecule has 25 heavy (non-hydrogen) atoms. The number of nitrogens with zero attached hydrogens (tertiary/aromatic N) is 1. The second-order valence-electron chi connectivity index (χ2n) is 7.59. The lowest BCUT2D eigenvalue weighted by molar-refractivity contribution is -0.124. The van der Waals surface area contributed by atoms with Crippen LogP contribution in [0.5, 0.6) is 5.75 Å². The molecule has 0 atom stereocenters. The lowest BCUT2D eigenvalue weighted by Crippen LogP contribution is -2.46. The van der Waals surface area contributed by atoms with E-state index in [0.29, 0.717) is 25.2 Å². The summed E-state index contributed by atoms with van der Waals surface area (Å²) in [7, 11) is 0. The van der Waals surface area contributed by atoms with Gasteiger partial charge in [0, 0.05) is 18.6 Å². The summed E-state index contributed by atoms with van der Waals surface area (Å²) in [6.07, 6.45) is 7.81. The lowest BCUT2D eigenvalue weighted by atomic mass is 9.91. The highest BCUT2D eigenvalue weighted by Crippen LogP contribution is 2.25. The number of phenols is 1. The summed E-state index contributed by atoms with van der Waals surface area (Å²) >= 11 is 0. The van der Waals surface area contributed by atoms with Crippen molar-refractivity contribution in [3.8, 4) is 5.75 Å². The van der Waals surface area contributed by atoms with E-state index in [-0.39, 0.29) is 17.8 Å². The van der Waals surface area contributed by atoms with Crippen LogP contribution in [0, 0.1) is 0 Å². The van der Waals surface area contributed by atoms with E-state index in [4.69, 9.17) is 0 Å². The first kappa shape index (κ1) is 18.2. The SMILES string of the molecule is O=C(CN(Cc1cccc(O)c1)C1CCC(O)CC1)NC1CCCC1. The Balaban J connectivity index is 1.63. The van der Waals surface area contributed by atoms with E-state index in [2.05, 4.69) is 10.2 Å². The van der Waals surface area contributed by atoms with Crippen molar-refractivity contribution in [1.82, 2.24) is 10.2 Å². The predicted octanol–water partition coefficient (Wildman–Crippen LogP) is 2.56. The average molecular weight is 346 g/mol. The van der Waals surface area contributed by atoms with Crippen LogP contribution in [0.1, 0.15) is 56.9 Å². The van der Waals surface area contributed by atoms with Gasteiger partial charge in [0.15, 0.2) is 0 Å². The largest absolute Gasteiger partial charge is 0.508 e. The summed E-state index contributed by atoms with van der Waals surface area (Å²) in [5.41, 5.74) is 1.01. The van der Waals surface area contributed by atoms with Crippen molar-refractivity contribution in [1.29, 1.82) is 0 Å².